The fourth-order valence-corrected chi connectivity index (χ4v) is 1.71. The van der Waals surface area contributed by atoms with E-state index < -0.39 is 5.82 Å². The quantitative estimate of drug-likeness (QED) is 0.926. The molecule has 2 rings (SSSR count). The van der Waals surface area contributed by atoms with E-state index in [2.05, 4.69) is 15.3 Å². The average molecular weight is 282 g/mol. The van der Waals surface area contributed by atoms with E-state index in [0.717, 1.165) is 5.69 Å². The second-order valence-electron chi connectivity index (χ2n) is 3.88. The molecular formula is C13H13ClFN3O. The second-order valence-corrected chi connectivity index (χ2v) is 4.29. The molecule has 0 atom stereocenters. The molecule has 0 saturated heterocycles. The normalized spacial score (nSPS) is 10.3. The maximum absolute atomic E-state index is 12.9. The van der Waals surface area contributed by atoms with Gasteiger partial charge in [0.05, 0.1) is 5.02 Å². The summed E-state index contributed by atoms with van der Waals surface area (Å²) >= 11 is 5.90. The van der Waals surface area contributed by atoms with Crippen molar-refractivity contribution in [2.75, 3.05) is 11.9 Å². The summed E-state index contributed by atoms with van der Waals surface area (Å²) in [5, 5.41) is 3.20. The lowest BCUT2D eigenvalue weighted by atomic mass is 10.3. The van der Waals surface area contributed by atoms with Crippen molar-refractivity contribution >= 4 is 17.5 Å². The van der Waals surface area contributed by atoms with Crippen molar-refractivity contribution in [2.45, 2.75) is 13.8 Å². The van der Waals surface area contributed by atoms with Crippen LogP contribution >= 0.6 is 11.6 Å². The molecule has 0 aliphatic heterocycles. The Kier molecular flexibility index (Phi) is 4.16. The first-order valence-corrected chi connectivity index (χ1v) is 6.18. The molecule has 1 heterocycles. The maximum Gasteiger partial charge on any atom is 0.226 e. The number of ether oxygens (including phenoxy) is 1. The summed E-state index contributed by atoms with van der Waals surface area (Å²) in [6.45, 7) is 4.49. The zero-order valence-electron chi connectivity index (χ0n) is 10.6. The maximum atomic E-state index is 12.9. The van der Waals surface area contributed by atoms with E-state index >= 15 is 0 Å². The van der Waals surface area contributed by atoms with Crippen molar-refractivity contribution in [2.24, 2.45) is 0 Å². The van der Waals surface area contributed by atoms with Gasteiger partial charge in [0, 0.05) is 18.3 Å². The Bertz CT molecular complexity index is 592. The Hall–Kier alpha value is -1.88. The molecule has 1 aromatic carbocycles. The molecule has 0 spiro atoms. The molecule has 0 fully saturated rings. The third-order valence-electron chi connectivity index (χ3n) is 2.27. The van der Waals surface area contributed by atoms with E-state index in [1.165, 1.54) is 18.2 Å². The summed E-state index contributed by atoms with van der Waals surface area (Å²) in [5.74, 6) is 0.779. The number of rotatable bonds is 4. The Morgan fingerprint density at radius 2 is 2.11 bits per heavy atom. The third-order valence-corrected chi connectivity index (χ3v) is 2.57. The summed E-state index contributed by atoms with van der Waals surface area (Å²) < 4.78 is 18.5. The predicted octanol–water partition coefficient (Wildman–Crippen LogP) is 3.80. The summed E-state index contributed by atoms with van der Waals surface area (Å²) in [7, 11) is 0. The van der Waals surface area contributed by atoms with Crippen molar-refractivity contribution in [3.8, 4) is 11.6 Å². The summed E-state index contributed by atoms with van der Waals surface area (Å²) in [6, 6.07) is 5.61. The highest BCUT2D eigenvalue weighted by molar-refractivity contribution is 6.32. The molecule has 0 bridgehead atoms. The van der Waals surface area contributed by atoms with E-state index in [4.69, 9.17) is 16.3 Å². The topological polar surface area (TPSA) is 47.0 Å². The van der Waals surface area contributed by atoms with Gasteiger partial charge in [0.15, 0.2) is 0 Å². The first-order chi connectivity index (χ1) is 9.08. The van der Waals surface area contributed by atoms with E-state index in [0.29, 0.717) is 24.1 Å². The van der Waals surface area contributed by atoms with Crippen LogP contribution in [0.3, 0.4) is 0 Å². The van der Waals surface area contributed by atoms with Crippen LogP contribution in [0.25, 0.3) is 0 Å². The van der Waals surface area contributed by atoms with Crippen LogP contribution in [0.4, 0.5) is 10.3 Å². The first kappa shape index (κ1) is 13.5. The molecule has 4 nitrogen and oxygen atoms in total. The highest BCUT2D eigenvalue weighted by Gasteiger charge is 2.07. The number of halogens is 2. The fourth-order valence-electron chi connectivity index (χ4n) is 1.50. The molecule has 0 aliphatic carbocycles. The third kappa shape index (κ3) is 3.54. The number of aryl methyl sites for hydroxylation is 1. The predicted molar refractivity (Wildman–Crippen MR) is 72.4 cm³/mol. The standard InChI is InChI=1S/C13H13ClFN3O/c1-3-16-13-17-8(2)6-12(18-13)19-11-5-4-9(15)7-10(11)14/h4-7H,3H2,1-2H3,(H,16,17,18). The van der Waals surface area contributed by atoms with Crippen LogP contribution in [0.2, 0.25) is 5.02 Å². The lowest BCUT2D eigenvalue weighted by Crippen LogP contribution is -2.04. The number of aromatic nitrogens is 2. The van der Waals surface area contributed by atoms with Crippen LogP contribution in [0.5, 0.6) is 11.6 Å². The van der Waals surface area contributed by atoms with Crippen LogP contribution in [-0.4, -0.2) is 16.5 Å². The highest BCUT2D eigenvalue weighted by atomic mass is 35.5. The molecule has 0 amide bonds. The molecule has 6 heteroatoms. The van der Waals surface area contributed by atoms with Gasteiger partial charge in [-0.25, -0.2) is 9.37 Å². The van der Waals surface area contributed by atoms with Crippen LogP contribution in [0.15, 0.2) is 24.3 Å². The number of nitrogens with one attached hydrogen (secondary N) is 1. The van der Waals surface area contributed by atoms with Crippen molar-refractivity contribution in [1.82, 2.24) is 9.97 Å². The lowest BCUT2D eigenvalue weighted by Gasteiger charge is -2.09. The van der Waals surface area contributed by atoms with Gasteiger partial charge in [-0.2, -0.15) is 4.98 Å². The van der Waals surface area contributed by atoms with Crippen LogP contribution in [-0.2, 0) is 0 Å². The van der Waals surface area contributed by atoms with Crippen molar-refractivity contribution in [3.63, 3.8) is 0 Å². The molecule has 0 radical (unpaired) electrons. The van der Waals surface area contributed by atoms with Crippen molar-refractivity contribution in [3.05, 3.63) is 40.8 Å². The SMILES string of the molecule is CCNc1nc(C)cc(Oc2ccc(F)cc2Cl)n1. The smallest absolute Gasteiger partial charge is 0.226 e. The Morgan fingerprint density at radius 3 is 2.79 bits per heavy atom. The highest BCUT2D eigenvalue weighted by Crippen LogP contribution is 2.29. The molecule has 2 aromatic rings. The zero-order valence-corrected chi connectivity index (χ0v) is 11.3. The largest absolute Gasteiger partial charge is 0.437 e. The van der Waals surface area contributed by atoms with Gasteiger partial charge in [-0.15, -0.1) is 0 Å². The van der Waals surface area contributed by atoms with E-state index in [9.17, 15) is 4.39 Å². The molecule has 0 unspecified atom stereocenters. The number of hydrogen-bond acceptors (Lipinski definition) is 4. The van der Waals surface area contributed by atoms with Gasteiger partial charge in [0.2, 0.25) is 11.8 Å². The minimum absolute atomic E-state index is 0.196. The molecule has 100 valence electrons. The van der Waals surface area contributed by atoms with Gasteiger partial charge in [-0.3, -0.25) is 0 Å². The van der Waals surface area contributed by atoms with Crippen LogP contribution in [0.1, 0.15) is 12.6 Å². The Balaban J connectivity index is 2.27. The second kappa shape index (κ2) is 5.84. The minimum Gasteiger partial charge on any atom is -0.437 e. The van der Waals surface area contributed by atoms with Crippen LogP contribution in [0, 0.1) is 12.7 Å². The molecular weight excluding hydrogens is 269 g/mol. The first-order valence-electron chi connectivity index (χ1n) is 5.81. The van der Waals surface area contributed by atoms with E-state index in [1.807, 2.05) is 13.8 Å². The molecule has 1 aromatic heterocycles. The fraction of sp³-hybridized carbons (Fsp3) is 0.231. The van der Waals surface area contributed by atoms with Gasteiger partial charge in [0.25, 0.3) is 0 Å². The van der Waals surface area contributed by atoms with Gasteiger partial charge in [-0.1, -0.05) is 11.6 Å². The van der Waals surface area contributed by atoms with Gasteiger partial charge in [-0.05, 0) is 32.0 Å². The van der Waals surface area contributed by atoms with Gasteiger partial charge < -0.3 is 10.1 Å². The van der Waals surface area contributed by atoms with Crippen molar-refractivity contribution < 1.29 is 9.13 Å². The van der Waals surface area contributed by atoms with Crippen molar-refractivity contribution in [1.29, 1.82) is 0 Å². The van der Waals surface area contributed by atoms with Crippen LogP contribution < -0.4 is 10.1 Å². The Labute approximate surface area is 115 Å². The molecule has 0 saturated carbocycles. The molecule has 0 aliphatic rings. The van der Waals surface area contributed by atoms with Gasteiger partial charge in [0.1, 0.15) is 11.6 Å². The summed E-state index contributed by atoms with van der Waals surface area (Å²) in [5.41, 5.74) is 0.763. The summed E-state index contributed by atoms with van der Waals surface area (Å²) in [6.07, 6.45) is 0. The monoisotopic (exact) mass is 281 g/mol. The number of anilines is 1. The van der Waals surface area contributed by atoms with E-state index in [1.54, 1.807) is 6.07 Å². The lowest BCUT2D eigenvalue weighted by molar-refractivity contribution is 0.460. The Morgan fingerprint density at radius 1 is 1.32 bits per heavy atom. The van der Waals surface area contributed by atoms with Gasteiger partial charge >= 0.3 is 0 Å². The molecule has 1 N–H and O–H groups in total. The number of benzene rings is 1. The molecule has 19 heavy (non-hydrogen) atoms. The number of nitrogens with zero attached hydrogens (tertiary/aromatic N) is 2. The average Bonchev–Trinajstić information content (AvgIpc) is 2.32. The minimum atomic E-state index is -0.412. The number of hydrogen-bond donors (Lipinski definition) is 1. The summed E-state index contributed by atoms with van der Waals surface area (Å²) in [4.78, 5) is 8.39. The zero-order chi connectivity index (χ0) is 13.8. The van der Waals surface area contributed by atoms with E-state index in [-0.39, 0.29) is 5.02 Å².